The monoisotopic (exact) mass is 235 g/mol. The molecule has 0 aliphatic heterocycles. The molecule has 0 aromatic carbocycles. The zero-order valence-corrected chi connectivity index (χ0v) is 11.5. The molecule has 2 unspecified atom stereocenters. The van der Waals surface area contributed by atoms with E-state index in [1.807, 2.05) is 13.0 Å². The van der Waals surface area contributed by atoms with E-state index in [2.05, 4.69) is 42.8 Å². The average Bonchev–Trinajstić information content (AvgIpc) is 2.34. The van der Waals surface area contributed by atoms with E-state index < -0.39 is 0 Å². The summed E-state index contributed by atoms with van der Waals surface area (Å²) in [6, 6.07) is 6.69. The SMILES string of the molecule is CCN(Cc1cccc(C)n1)C(C)C(C)CN. The molecular formula is C14H25N3. The average molecular weight is 235 g/mol. The van der Waals surface area contributed by atoms with E-state index in [9.17, 15) is 0 Å². The number of nitrogens with two attached hydrogens (primary N) is 1. The van der Waals surface area contributed by atoms with E-state index in [4.69, 9.17) is 5.73 Å². The van der Waals surface area contributed by atoms with Crippen LogP contribution in [0.5, 0.6) is 0 Å². The van der Waals surface area contributed by atoms with Crippen molar-refractivity contribution in [3.8, 4) is 0 Å². The van der Waals surface area contributed by atoms with Crippen LogP contribution in [0.15, 0.2) is 18.2 Å². The van der Waals surface area contributed by atoms with Crippen LogP contribution in [-0.4, -0.2) is 29.0 Å². The third kappa shape index (κ3) is 4.10. The lowest BCUT2D eigenvalue weighted by molar-refractivity contribution is 0.162. The molecule has 1 rings (SSSR count). The lowest BCUT2D eigenvalue weighted by atomic mass is 10.0. The Labute approximate surface area is 105 Å². The molecule has 17 heavy (non-hydrogen) atoms. The molecule has 0 saturated heterocycles. The van der Waals surface area contributed by atoms with Crippen LogP contribution >= 0.6 is 0 Å². The van der Waals surface area contributed by atoms with Gasteiger partial charge in [-0.2, -0.15) is 0 Å². The third-order valence-electron chi connectivity index (χ3n) is 3.49. The summed E-state index contributed by atoms with van der Waals surface area (Å²) in [7, 11) is 0. The summed E-state index contributed by atoms with van der Waals surface area (Å²) in [4.78, 5) is 6.99. The van der Waals surface area contributed by atoms with Gasteiger partial charge in [0.15, 0.2) is 0 Å². The maximum Gasteiger partial charge on any atom is 0.0547 e. The maximum atomic E-state index is 5.74. The molecule has 0 fully saturated rings. The Kier molecular flexibility index (Phi) is 5.59. The highest BCUT2D eigenvalue weighted by molar-refractivity contribution is 5.09. The summed E-state index contributed by atoms with van der Waals surface area (Å²) in [5.74, 6) is 0.514. The Morgan fingerprint density at radius 2 is 2.06 bits per heavy atom. The molecule has 0 spiro atoms. The van der Waals surface area contributed by atoms with Gasteiger partial charge in [0.05, 0.1) is 5.69 Å². The van der Waals surface area contributed by atoms with E-state index in [-0.39, 0.29) is 0 Å². The van der Waals surface area contributed by atoms with Gasteiger partial charge < -0.3 is 5.73 Å². The molecular weight excluding hydrogens is 210 g/mol. The zero-order valence-electron chi connectivity index (χ0n) is 11.5. The van der Waals surface area contributed by atoms with Gasteiger partial charge in [0.25, 0.3) is 0 Å². The highest BCUT2D eigenvalue weighted by atomic mass is 15.2. The van der Waals surface area contributed by atoms with Crippen molar-refractivity contribution >= 4 is 0 Å². The molecule has 0 radical (unpaired) electrons. The van der Waals surface area contributed by atoms with Crippen LogP contribution in [0.2, 0.25) is 0 Å². The Morgan fingerprint density at radius 1 is 1.35 bits per heavy atom. The van der Waals surface area contributed by atoms with Gasteiger partial charge in [-0.3, -0.25) is 9.88 Å². The molecule has 96 valence electrons. The third-order valence-corrected chi connectivity index (χ3v) is 3.49. The molecule has 2 N–H and O–H groups in total. The number of nitrogens with zero attached hydrogens (tertiary/aromatic N) is 2. The fraction of sp³-hybridized carbons (Fsp3) is 0.643. The molecule has 0 aliphatic carbocycles. The Morgan fingerprint density at radius 3 is 2.59 bits per heavy atom. The quantitative estimate of drug-likeness (QED) is 0.822. The largest absolute Gasteiger partial charge is 0.330 e. The lowest BCUT2D eigenvalue weighted by Gasteiger charge is -2.31. The highest BCUT2D eigenvalue weighted by Gasteiger charge is 2.18. The van der Waals surface area contributed by atoms with E-state index >= 15 is 0 Å². The molecule has 0 aliphatic rings. The van der Waals surface area contributed by atoms with Gasteiger partial charge >= 0.3 is 0 Å². The maximum absolute atomic E-state index is 5.74. The summed E-state index contributed by atoms with van der Waals surface area (Å²) in [5, 5.41) is 0. The zero-order chi connectivity index (χ0) is 12.8. The fourth-order valence-electron chi connectivity index (χ4n) is 2.00. The van der Waals surface area contributed by atoms with Crippen molar-refractivity contribution in [2.45, 2.75) is 40.3 Å². The molecule has 3 heteroatoms. The summed E-state index contributed by atoms with van der Waals surface area (Å²) in [5.41, 5.74) is 7.96. The minimum atomic E-state index is 0.493. The Bertz CT molecular complexity index is 338. The van der Waals surface area contributed by atoms with Gasteiger partial charge in [-0.1, -0.05) is 19.9 Å². The highest BCUT2D eigenvalue weighted by Crippen LogP contribution is 2.13. The van der Waals surface area contributed by atoms with Gasteiger partial charge in [-0.05, 0) is 45.0 Å². The topological polar surface area (TPSA) is 42.2 Å². The van der Waals surface area contributed by atoms with Crippen LogP contribution in [0.1, 0.15) is 32.2 Å². The smallest absolute Gasteiger partial charge is 0.0547 e. The number of rotatable bonds is 6. The predicted octanol–water partition coefficient (Wildman–Crippen LogP) is 2.20. The van der Waals surface area contributed by atoms with Crippen molar-refractivity contribution in [3.63, 3.8) is 0 Å². The molecule has 1 aromatic rings. The molecule has 0 bridgehead atoms. The van der Waals surface area contributed by atoms with E-state index in [1.54, 1.807) is 0 Å². The van der Waals surface area contributed by atoms with E-state index in [0.717, 1.165) is 31.0 Å². The van der Waals surface area contributed by atoms with Gasteiger partial charge in [0.2, 0.25) is 0 Å². The Hall–Kier alpha value is -0.930. The predicted molar refractivity (Wildman–Crippen MR) is 72.7 cm³/mol. The lowest BCUT2D eigenvalue weighted by Crippen LogP contribution is -2.39. The van der Waals surface area contributed by atoms with Crippen LogP contribution in [0.25, 0.3) is 0 Å². The normalized spacial score (nSPS) is 14.9. The molecule has 3 nitrogen and oxygen atoms in total. The summed E-state index contributed by atoms with van der Waals surface area (Å²) >= 11 is 0. The van der Waals surface area contributed by atoms with Gasteiger partial charge in [0, 0.05) is 18.3 Å². The first-order chi connectivity index (χ1) is 8.08. The minimum Gasteiger partial charge on any atom is -0.330 e. The first kappa shape index (κ1) is 14.1. The van der Waals surface area contributed by atoms with Crippen molar-refractivity contribution < 1.29 is 0 Å². The van der Waals surface area contributed by atoms with E-state index in [1.165, 1.54) is 0 Å². The summed E-state index contributed by atoms with van der Waals surface area (Å²) < 4.78 is 0. The van der Waals surface area contributed by atoms with Crippen LogP contribution in [0.4, 0.5) is 0 Å². The van der Waals surface area contributed by atoms with Crippen LogP contribution in [-0.2, 0) is 6.54 Å². The molecule has 1 heterocycles. The molecule has 0 saturated carbocycles. The first-order valence-electron chi connectivity index (χ1n) is 6.45. The number of aryl methyl sites for hydroxylation is 1. The van der Waals surface area contributed by atoms with Crippen LogP contribution in [0.3, 0.4) is 0 Å². The summed E-state index contributed by atoms with van der Waals surface area (Å²) in [6.45, 7) is 11.3. The number of hydrogen-bond donors (Lipinski definition) is 1. The van der Waals surface area contributed by atoms with Gasteiger partial charge in [0.1, 0.15) is 0 Å². The molecule has 1 aromatic heterocycles. The second kappa shape index (κ2) is 6.72. The second-order valence-corrected chi connectivity index (χ2v) is 4.79. The van der Waals surface area contributed by atoms with Crippen molar-refractivity contribution in [1.82, 2.24) is 9.88 Å². The van der Waals surface area contributed by atoms with Gasteiger partial charge in [-0.15, -0.1) is 0 Å². The van der Waals surface area contributed by atoms with E-state index in [0.29, 0.717) is 12.0 Å². The fourth-order valence-corrected chi connectivity index (χ4v) is 2.00. The first-order valence-corrected chi connectivity index (χ1v) is 6.45. The number of aromatic nitrogens is 1. The number of hydrogen-bond acceptors (Lipinski definition) is 3. The molecule has 0 amide bonds. The van der Waals surface area contributed by atoms with Gasteiger partial charge in [-0.25, -0.2) is 0 Å². The van der Waals surface area contributed by atoms with Crippen molar-refractivity contribution in [2.75, 3.05) is 13.1 Å². The Balaban J connectivity index is 2.69. The minimum absolute atomic E-state index is 0.493. The second-order valence-electron chi connectivity index (χ2n) is 4.79. The number of pyridine rings is 1. The van der Waals surface area contributed by atoms with Crippen LogP contribution < -0.4 is 5.73 Å². The van der Waals surface area contributed by atoms with Crippen molar-refractivity contribution in [2.24, 2.45) is 11.7 Å². The van der Waals surface area contributed by atoms with Crippen molar-refractivity contribution in [1.29, 1.82) is 0 Å². The molecule has 2 atom stereocenters. The van der Waals surface area contributed by atoms with Crippen molar-refractivity contribution in [3.05, 3.63) is 29.6 Å². The standard InChI is InChI=1S/C14H25N3/c1-5-17(13(4)11(2)9-15)10-14-8-6-7-12(3)16-14/h6-8,11,13H,5,9-10,15H2,1-4H3. The van der Waals surface area contributed by atoms with Crippen LogP contribution in [0, 0.1) is 12.8 Å². The summed E-state index contributed by atoms with van der Waals surface area (Å²) in [6.07, 6.45) is 0.